The molecular weight excluding hydrogens is 265 g/mol. The molecule has 19 heavy (non-hydrogen) atoms. The third-order valence-corrected chi connectivity index (χ3v) is 3.36. The average Bonchev–Trinajstić information content (AvgIpc) is 2.41. The van der Waals surface area contributed by atoms with E-state index in [2.05, 4.69) is 0 Å². The molecule has 0 saturated heterocycles. The maximum atomic E-state index is 14.2. The summed E-state index contributed by atoms with van der Waals surface area (Å²) >= 11 is 5.97. The molecule has 0 aliphatic rings. The molecule has 0 aliphatic heterocycles. The predicted molar refractivity (Wildman–Crippen MR) is 75.2 cm³/mol. The Hall–Kier alpha value is -1.58. The number of hydrogen-bond donors (Lipinski definition) is 1. The third-order valence-electron chi connectivity index (χ3n) is 3.12. The molecule has 0 spiro atoms. The van der Waals surface area contributed by atoms with E-state index in [4.69, 9.17) is 22.1 Å². The van der Waals surface area contributed by atoms with Crippen molar-refractivity contribution in [1.29, 1.82) is 0 Å². The SMILES string of the molecule is COc1cccc(C(N)c2cc(Cl)ccc2C)c1F. The highest BCUT2D eigenvalue weighted by Crippen LogP contribution is 2.30. The van der Waals surface area contributed by atoms with E-state index in [1.54, 1.807) is 30.3 Å². The second kappa shape index (κ2) is 5.59. The molecule has 2 rings (SSSR count). The number of ether oxygens (including phenoxy) is 1. The Morgan fingerprint density at radius 3 is 2.63 bits per heavy atom. The monoisotopic (exact) mass is 279 g/mol. The van der Waals surface area contributed by atoms with Crippen LogP contribution >= 0.6 is 11.6 Å². The van der Waals surface area contributed by atoms with E-state index in [0.717, 1.165) is 11.1 Å². The van der Waals surface area contributed by atoms with Gasteiger partial charge in [0.05, 0.1) is 13.2 Å². The molecule has 1 atom stereocenters. The lowest BCUT2D eigenvalue weighted by atomic mass is 9.95. The maximum absolute atomic E-state index is 14.2. The molecule has 1 unspecified atom stereocenters. The predicted octanol–water partition coefficient (Wildman–Crippen LogP) is 3.84. The molecule has 2 N–H and O–H groups in total. The van der Waals surface area contributed by atoms with Gasteiger partial charge in [-0.3, -0.25) is 0 Å². The van der Waals surface area contributed by atoms with Crippen molar-refractivity contribution in [2.45, 2.75) is 13.0 Å². The van der Waals surface area contributed by atoms with Crippen LogP contribution in [0.4, 0.5) is 4.39 Å². The summed E-state index contributed by atoms with van der Waals surface area (Å²) in [5.41, 5.74) is 8.33. The first-order valence-corrected chi connectivity index (χ1v) is 6.26. The molecule has 2 aromatic rings. The van der Waals surface area contributed by atoms with Crippen LogP contribution in [0.3, 0.4) is 0 Å². The summed E-state index contributed by atoms with van der Waals surface area (Å²) in [6.45, 7) is 1.92. The van der Waals surface area contributed by atoms with Gasteiger partial charge in [0.2, 0.25) is 0 Å². The minimum atomic E-state index is -0.575. The van der Waals surface area contributed by atoms with Crippen molar-refractivity contribution in [3.05, 3.63) is 63.9 Å². The number of rotatable bonds is 3. The largest absolute Gasteiger partial charge is 0.494 e. The second-order valence-corrected chi connectivity index (χ2v) is 4.78. The van der Waals surface area contributed by atoms with Crippen LogP contribution in [0.15, 0.2) is 36.4 Å². The van der Waals surface area contributed by atoms with Gasteiger partial charge in [0, 0.05) is 10.6 Å². The van der Waals surface area contributed by atoms with Gasteiger partial charge in [-0.1, -0.05) is 29.8 Å². The number of benzene rings is 2. The van der Waals surface area contributed by atoms with Gasteiger partial charge < -0.3 is 10.5 Å². The molecule has 2 nitrogen and oxygen atoms in total. The molecule has 0 aromatic heterocycles. The lowest BCUT2D eigenvalue weighted by molar-refractivity contribution is 0.383. The Labute approximate surface area is 117 Å². The number of nitrogens with two attached hydrogens (primary N) is 1. The van der Waals surface area contributed by atoms with Crippen molar-refractivity contribution >= 4 is 11.6 Å². The highest BCUT2D eigenvalue weighted by atomic mass is 35.5. The number of hydrogen-bond acceptors (Lipinski definition) is 2. The van der Waals surface area contributed by atoms with E-state index < -0.39 is 11.9 Å². The molecular formula is C15H15ClFNO. The van der Waals surface area contributed by atoms with E-state index in [9.17, 15) is 4.39 Å². The molecule has 0 aliphatic carbocycles. The minimum Gasteiger partial charge on any atom is -0.494 e. The zero-order chi connectivity index (χ0) is 14.0. The summed E-state index contributed by atoms with van der Waals surface area (Å²) in [6.07, 6.45) is 0. The van der Waals surface area contributed by atoms with Crippen molar-refractivity contribution in [3.8, 4) is 5.75 Å². The molecule has 2 aromatic carbocycles. The third kappa shape index (κ3) is 2.72. The lowest BCUT2D eigenvalue weighted by Gasteiger charge is -2.17. The van der Waals surface area contributed by atoms with Gasteiger partial charge in [-0.2, -0.15) is 0 Å². The summed E-state index contributed by atoms with van der Waals surface area (Å²) in [5, 5.41) is 0.583. The summed E-state index contributed by atoms with van der Waals surface area (Å²) in [4.78, 5) is 0. The van der Waals surface area contributed by atoms with Gasteiger partial charge in [0.15, 0.2) is 11.6 Å². The summed E-state index contributed by atoms with van der Waals surface area (Å²) < 4.78 is 19.2. The van der Waals surface area contributed by atoms with Crippen molar-refractivity contribution in [3.63, 3.8) is 0 Å². The minimum absolute atomic E-state index is 0.188. The van der Waals surface area contributed by atoms with Gasteiger partial charge in [0.1, 0.15) is 0 Å². The smallest absolute Gasteiger partial charge is 0.170 e. The van der Waals surface area contributed by atoms with Gasteiger partial charge in [-0.05, 0) is 36.2 Å². The lowest BCUT2D eigenvalue weighted by Crippen LogP contribution is -2.15. The molecule has 0 heterocycles. The summed E-state index contributed by atoms with van der Waals surface area (Å²) in [7, 11) is 1.43. The van der Waals surface area contributed by atoms with Crippen molar-refractivity contribution < 1.29 is 9.13 Å². The van der Waals surface area contributed by atoms with Crippen LogP contribution < -0.4 is 10.5 Å². The van der Waals surface area contributed by atoms with E-state index in [1.807, 2.05) is 13.0 Å². The quantitative estimate of drug-likeness (QED) is 0.926. The summed E-state index contributed by atoms with van der Waals surface area (Å²) in [6, 6.07) is 9.79. The Morgan fingerprint density at radius 2 is 1.95 bits per heavy atom. The van der Waals surface area contributed by atoms with Crippen LogP contribution in [-0.4, -0.2) is 7.11 Å². The Bertz CT molecular complexity index is 601. The molecule has 0 saturated carbocycles. The molecule has 4 heteroatoms. The fourth-order valence-corrected chi connectivity index (χ4v) is 2.22. The molecule has 0 radical (unpaired) electrons. The molecule has 0 fully saturated rings. The Morgan fingerprint density at radius 1 is 1.21 bits per heavy atom. The van der Waals surface area contributed by atoms with Gasteiger partial charge in [-0.25, -0.2) is 4.39 Å². The van der Waals surface area contributed by atoms with Crippen molar-refractivity contribution in [1.82, 2.24) is 0 Å². The van der Waals surface area contributed by atoms with Crippen molar-refractivity contribution in [2.24, 2.45) is 5.73 Å². The first-order valence-electron chi connectivity index (χ1n) is 5.88. The standard InChI is InChI=1S/C15H15ClFNO/c1-9-6-7-10(16)8-12(9)15(18)11-4-3-5-13(19-2)14(11)17/h3-8,15H,18H2,1-2H3. The number of aryl methyl sites for hydroxylation is 1. The Balaban J connectivity index is 2.50. The van der Waals surface area contributed by atoms with E-state index in [-0.39, 0.29) is 5.75 Å². The molecule has 100 valence electrons. The highest BCUT2D eigenvalue weighted by Gasteiger charge is 2.18. The van der Waals surface area contributed by atoms with Crippen LogP contribution in [0, 0.1) is 12.7 Å². The fraction of sp³-hybridized carbons (Fsp3) is 0.200. The highest BCUT2D eigenvalue weighted by molar-refractivity contribution is 6.30. The number of methoxy groups -OCH3 is 1. The maximum Gasteiger partial charge on any atom is 0.170 e. The van der Waals surface area contributed by atoms with Crippen LogP contribution in [-0.2, 0) is 0 Å². The first kappa shape index (κ1) is 13.8. The second-order valence-electron chi connectivity index (χ2n) is 4.34. The average molecular weight is 280 g/mol. The molecule has 0 bridgehead atoms. The van der Waals surface area contributed by atoms with Crippen LogP contribution in [0.25, 0.3) is 0 Å². The Kier molecular flexibility index (Phi) is 4.08. The van der Waals surface area contributed by atoms with Crippen LogP contribution in [0.1, 0.15) is 22.7 Å². The van der Waals surface area contributed by atoms with Crippen LogP contribution in [0.2, 0.25) is 5.02 Å². The van der Waals surface area contributed by atoms with Crippen molar-refractivity contribution in [2.75, 3.05) is 7.11 Å². The van der Waals surface area contributed by atoms with E-state index >= 15 is 0 Å². The fourth-order valence-electron chi connectivity index (χ4n) is 2.04. The topological polar surface area (TPSA) is 35.2 Å². The normalized spacial score (nSPS) is 12.3. The zero-order valence-electron chi connectivity index (χ0n) is 10.8. The van der Waals surface area contributed by atoms with E-state index in [0.29, 0.717) is 10.6 Å². The zero-order valence-corrected chi connectivity index (χ0v) is 11.5. The van der Waals surface area contributed by atoms with Gasteiger partial charge >= 0.3 is 0 Å². The van der Waals surface area contributed by atoms with Gasteiger partial charge in [0.25, 0.3) is 0 Å². The molecule has 0 amide bonds. The van der Waals surface area contributed by atoms with Crippen LogP contribution in [0.5, 0.6) is 5.75 Å². The summed E-state index contributed by atoms with van der Waals surface area (Å²) in [5.74, 6) is -0.246. The number of halogens is 2. The first-order chi connectivity index (χ1) is 9.04. The van der Waals surface area contributed by atoms with E-state index in [1.165, 1.54) is 7.11 Å². The van der Waals surface area contributed by atoms with Gasteiger partial charge in [-0.15, -0.1) is 0 Å².